The first kappa shape index (κ1) is 23.0. The standard InChI is InChI=1S/C20H18N2O9S/c1-11(31-10-23)17-14-8-15(18(20(26)27)21(14)19(17)25)32-7-6-16(24)30-9-12-2-4-13(5-3-12)22(28)29/h2-7,10-11,14,17H,8-9H2,1H3,(H,26,27)/b7-6-/t11-,14-,17-/m1/s1. The minimum Gasteiger partial charge on any atom is -0.477 e. The van der Waals surface area contributed by atoms with Gasteiger partial charge in [-0.25, -0.2) is 9.59 Å². The van der Waals surface area contributed by atoms with E-state index < -0.39 is 40.8 Å². The van der Waals surface area contributed by atoms with E-state index in [0.717, 1.165) is 17.8 Å². The molecule has 11 nitrogen and oxygen atoms in total. The zero-order chi connectivity index (χ0) is 23.4. The third kappa shape index (κ3) is 4.64. The number of rotatable bonds is 10. The zero-order valence-corrected chi connectivity index (χ0v) is 17.5. The SMILES string of the molecule is C[C@@H](OC=O)[C@H]1C(=O)N2C(C(=O)O)=C(S/C=C\C(=O)OCc3ccc([N+](=O)[O-])cc3)C[C@H]12. The number of esters is 1. The fourth-order valence-corrected chi connectivity index (χ4v) is 4.49. The summed E-state index contributed by atoms with van der Waals surface area (Å²) in [5.41, 5.74) is 0.341. The Kier molecular flexibility index (Phi) is 6.93. The van der Waals surface area contributed by atoms with Crippen molar-refractivity contribution in [2.24, 2.45) is 5.92 Å². The zero-order valence-electron chi connectivity index (χ0n) is 16.7. The molecule has 1 aromatic rings. The summed E-state index contributed by atoms with van der Waals surface area (Å²) in [4.78, 5) is 58.2. The number of carboxylic acid groups (broad SMARTS) is 1. The fourth-order valence-electron chi connectivity index (χ4n) is 3.58. The van der Waals surface area contributed by atoms with Gasteiger partial charge in [0, 0.05) is 29.5 Å². The number of carbonyl (C=O) groups is 4. The minimum absolute atomic E-state index is 0.0759. The largest absolute Gasteiger partial charge is 0.477 e. The number of carboxylic acids is 1. The van der Waals surface area contributed by atoms with Crippen LogP contribution in [0.3, 0.4) is 0 Å². The van der Waals surface area contributed by atoms with E-state index >= 15 is 0 Å². The van der Waals surface area contributed by atoms with Gasteiger partial charge in [0.05, 0.1) is 16.9 Å². The Morgan fingerprint density at radius 2 is 2.06 bits per heavy atom. The molecule has 0 spiro atoms. The van der Waals surface area contributed by atoms with Gasteiger partial charge in [0.15, 0.2) is 0 Å². The van der Waals surface area contributed by atoms with Crippen molar-refractivity contribution >= 4 is 41.8 Å². The highest BCUT2D eigenvalue weighted by molar-refractivity contribution is 8.05. The van der Waals surface area contributed by atoms with Gasteiger partial charge in [-0.1, -0.05) is 11.8 Å². The quantitative estimate of drug-likeness (QED) is 0.136. The lowest BCUT2D eigenvalue weighted by Gasteiger charge is -2.45. The summed E-state index contributed by atoms with van der Waals surface area (Å²) >= 11 is 0.990. The Bertz CT molecular complexity index is 1020. The van der Waals surface area contributed by atoms with Crippen molar-refractivity contribution in [3.63, 3.8) is 0 Å². The topological polar surface area (TPSA) is 153 Å². The predicted octanol–water partition coefficient (Wildman–Crippen LogP) is 1.97. The summed E-state index contributed by atoms with van der Waals surface area (Å²) in [6.45, 7) is 1.73. The molecule has 1 saturated heterocycles. The second kappa shape index (κ2) is 9.64. The third-order valence-corrected chi connectivity index (χ3v) is 6.01. The van der Waals surface area contributed by atoms with Gasteiger partial charge in [-0.15, -0.1) is 0 Å². The maximum absolute atomic E-state index is 12.4. The number of aliphatic carboxylic acids is 1. The first-order valence-electron chi connectivity index (χ1n) is 9.36. The highest BCUT2D eigenvalue weighted by Gasteiger charge is 2.57. The van der Waals surface area contributed by atoms with Crippen molar-refractivity contribution < 1.29 is 38.7 Å². The first-order valence-corrected chi connectivity index (χ1v) is 10.2. The number of β-lactam (4-membered cyclic amide) rings is 1. The van der Waals surface area contributed by atoms with Crippen LogP contribution < -0.4 is 0 Å². The van der Waals surface area contributed by atoms with Gasteiger partial charge in [-0.2, -0.15) is 0 Å². The molecule has 1 N–H and O–H groups in total. The van der Waals surface area contributed by atoms with Crippen LogP contribution in [-0.4, -0.2) is 51.4 Å². The van der Waals surface area contributed by atoms with Gasteiger partial charge in [0.1, 0.15) is 18.4 Å². The second-order valence-electron chi connectivity index (χ2n) is 6.97. The van der Waals surface area contributed by atoms with Crippen molar-refractivity contribution in [3.8, 4) is 0 Å². The Hall–Kier alpha value is -3.67. The Morgan fingerprint density at radius 3 is 2.66 bits per heavy atom. The summed E-state index contributed by atoms with van der Waals surface area (Å²) in [5.74, 6) is -3.00. The van der Waals surface area contributed by atoms with E-state index in [1.807, 2.05) is 0 Å². The van der Waals surface area contributed by atoms with Crippen LogP contribution in [0.2, 0.25) is 0 Å². The second-order valence-corrected chi connectivity index (χ2v) is 7.97. The molecule has 1 amide bonds. The average molecular weight is 462 g/mol. The van der Waals surface area contributed by atoms with E-state index in [-0.39, 0.29) is 30.9 Å². The molecule has 1 aromatic carbocycles. The molecule has 168 valence electrons. The molecule has 32 heavy (non-hydrogen) atoms. The minimum atomic E-state index is -1.26. The number of non-ortho nitro benzene ring substituents is 1. The summed E-state index contributed by atoms with van der Waals surface area (Å²) in [6.07, 6.45) is 0.707. The normalized spacial score (nSPS) is 20.5. The van der Waals surface area contributed by atoms with E-state index in [2.05, 4.69) is 0 Å². The number of nitro groups is 1. The van der Waals surface area contributed by atoms with Crippen LogP contribution in [0.15, 0.2) is 46.4 Å². The number of nitro benzene ring substituents is 1. The molecule has 3 rings (SSSR count). The van der Waals surface area contributed by atoms with E-state index in [0.29, 0.717) is 10.5 Å². The van der Waals surface area contributed by atoms with Gasteiger partial charge in [0.2, 0.25) is 5.91 Å². The van der Waals surface area contributed by atoms with Crippen LogP contribution in [0.1, 0.15) is 18.9 Å². The molecular formula is C20H18N2O9S. The van der Waals surface area contributed by atoms with E-state index in [4.69, 9.17) is 9.47 Å². The molecule has 0 unspecified atom stereocenters. The highest BCUT2D eigenvalue weighted by Crippen LogP contribution is 2.47. The molecule has 3 atom stereocenters. The van der Waals surface area contributed by atoms with Crippen LogP contribution in [0.25, 0.3) is 0 Å². The number of hydrogen-bond donors (Lipinski definition) is 1. The predicted molar refractivity (Wildman–Crippen MR) is 110 cm³/mol. The monoisotopic (exact) mass is 462 g/mol. The van der Waals surface area contributed by atoms with Crippen molar-refractivity contribution in [1.29, 1.82) is 0 Å². The molecular weight excluding hydrogens is 444 g/mol. The van der Waals surface area contributed by atoms with Crippen LogP contribution in [0.4, 0.5) is 5.69 Å². The summed E-state index contributed by atoms with van der Waals surface area (Å²) in [7, 11) is 0. The van der Waals surface area contributed by atoms with Gasteiger partial charge < -0.3 is 19.5 Å². The summed E-state index contributed by atoms with van der Waals surface area (Å²) in [5, 5.41) is 21.5. The van der Waals surface area contributed by atoms with Crippen molar-refractivity contribution in [1.82, 2.24) is 4.90 Å². The molecule has 0 aromatic heterocycles. The smallest absolute Gasteiger partial charge is 0.353 e. The number of amides is 1. The van der Waals surface area contributed by atoms with Gasteiger partial charge in [0.25, 0.3) is 12.2 Å². The van der Waals surface area contributed by atoms with Crippen LogP contribution >= 0.6 is 11.8 Å². The Labute approximate surface area is 185 Å². The molecule has 2 aliphatic rings. The highest BCUT2D eigenvalue weighted by atomic mass is 32.2. The molecule has 2 aliphatic heterocycles. The van der Waals surface area contributed by atoms with Gasteiger partial charge in [-0.05, 0) is 30.0 Å². The van der Waals surface area contributed by atoms with Crippen molar-refractivity contribution in [3.05, 3.63) is 62.0 Å². The fraction of sp³-hybridized carbons (Fsp3) is 0.300. The van der Waals surface area contributed by atoms with Gasteiger partial charge in [-0.3, -0.25) is 19.7 Å². The number of nitrogens with zero attached hydrogens (tertiary/aromatic N) is 2. The van der Waals surface area contributed by atoms with Crippen molar-refractivity contribution in [2.75, 3.05) is 0 Å². The number of carbonyl (C=O) groups excluding carboxylic acids is 3. The Balaban J connectivity index is 1.57. The number of fused-ring (bicyclic) bond motifs is 1. The molecule has 0 bridgehead atoms. The first-order chi connectivity index (χ1) is 15.2. The van der Waals surface area contributed by atoms with Gasteiger partial charge >= 0.3 is 11.9 Å². The number of ether oxygens (including phenoxy) is 2. The maximum atomic E-state index is 12.4. The number of hydrogen-bond acceptors (Lipinski definition) is 9. The lowest BCUT2D eigenvalue weighted by molar-refractivity contribution is -0.384. The van der Waals surface area contributed by atoms with Crippen molar-refractivity contribution in [2.45, 2.75) is 32.1 Å². The van der Waals surface area contributed by atoms with E-state index in [9.17, 15) is 34.4 Å². The van der Waals surface area contributed by atoms with Crippen LogP contribution in [0, 0.1) is 16.0 Å². The lowest BCUT2D eigenvalue weighted by Crippen LogP contribution is -2.62. The molecule has 12 heteroatoms. The van der Waals surface area contributed by atoms with E-state index in [1.54, 1.807) is 6.92 Å². The molecule has 0 radical (unpaired) electrons. The van der Waals surface area contributed by atoms with Crippen LogP contribution in [-0.2, 0) is 35.3 Å². The summed E-state index contributed by atoms with van der Waals surface area (Å²) in [6, 6.07) is 5.12. The Morgan fingerprint density at radius 1 is 1.38 bits per heavy atom. The van der Waals surface area contributed by atoms with E-state index in [1.165, 1.54) is 34.6 Å². The summed E-state index contributed by atoms with van der Waals surface area (Å²) < 4.78 is 9.90. The van der Waals surface area contributed by atoms with Crippen LogP contribution in [0.5, 0.6) is 0 Å². The molecule has 0 saturated carbocycles. The number of benzene rings is 1. The third-order valence-electron chi connectivity index (χ3n) is 5.09. The average Bonchev–Trinajstić information content (AvgIpc) is 3.07. The number of thioether (sulfide) groups is 1. The lowest BCUT2D eigenvalue weighted by atomic mass is 9.83. The maximum Gasteiger partial charge on any atom is 0.353 e. The molecule has 0 aliphatic carbocycles. The molecule has 2 heterocycles. The molecule has 1 fully saturated rings.